The molecule has 110 valence electrons. The largest absolute Gasteiger partial charge is 0.469 e. The zero-order chi connectivity index (χ0) is 14.6. The third-order valence-corrected chi connectivity index (χ3v) is 5.27. The highest BCUT2D eigenvalue weighted by molar-refractivity contribution is 6.06. The van der Waals surface area contributed by atoms with Gasteiger partial charge in [0.15, 0.2) is 0 Å². The van der Waals surface area contributed by atoms with Crippen LogP contribution >= 0.6 is 0 Å². The molecule has 4 rings (SSSR count). The molecule has 1 N–H and O–H groups in total. The highest BCUT2D eigenvalue weighted by Crippen LogP contribution is 2.54. The van der Waals surface area contributed by atoms with Crippen LogP contribution in [-0.4, -0.2) is 36.5 Å². The zero-order valence-electron chi connectivity index (χ0n) is 12.0. The number of methoxy groups -OCH3 is 1. The molecule has 1 aromatic carbocycles. The second-order valence-electron chi connectivity index (χ2n) is 6.10. The van der Waals surface area contributed by atoms with E-state index in [9.17, 15) is 9.59 Å². The van der Waals surface area contributed by atoms with E-state index in [1.54, 1.807) is 0 Å². The number of hydrogen-bond donors (Lipinski definition) is 1. The number of fused-ring (bicyclic) bond motifs is 4. The fraction of sp³-hybridized carbons (Fsp3) is 0.500. The predicted octanol–water partition coefficient (Wildman–Crippen LogP) is 1.49. The van der Waals surface area contributed by atoms with Gasteiger partial charge in [-0.1, -0.05) is 18.2 Å². The van der Waals surface area contributed by atoms with Gasteiger partial charge in [0, 0.05) is 17.3 Å². The van der Waals surface area contributed by atoms with Crippen molar-refractivity contribution in [1.29, 1.82) is 0 Å². The Labute approximate surface area is 123 Å². The first-order valence-corrected chi connectivity index (χ1v) is 7.44. The highest BCUT2D eigenvalue weighted by Gasteiger charge is 2.62. The van der Waals surface area contributed by atoms with Crippen molar-refractivity contribution in [3.8, 4) is 0 Å². The maximum Gasteiger partial charge on any atom is 0.310 e. The number of rotatable bonds is 1. The molecule has 0 bridgehead atoms. The second kappa shape index (κ2) is 4.31. The Morgan fingerprint density at radius 1 is 1.43 bits per heavy atom. The minimum Gasteiger partial charge on any atom is -0.469 e. The van der Waals surface area contributed by atoms with Gasteiger partial charge >= 0.3 is 5.97 Å². The molecular formula is C16H18N2O3. The Kier molecular flexibility index (Phi) is 2.63. The third kappa shape index (κ3) is 1.50. The summed E-state index contributed by atoms with van der Waals surface area (Å²) in [4.78, 5) is 27.1. The van der Waals surface area contributed by atoms with Crippen molar-refractivity contribution in [2.75, 3.05) is 19.0 Å². The summed E-state index contributed by atoms with van der Waals surface area (Å²) in [6.07, 6.45) is 2.50. The molecule has 3 aliphatic heterocycles. The highest BCUT2D eigenvalue weighted by atomic mass is 16.5. The summed E-state index contributed by atoms with van der Waals surface area (Å²) in [5, 5.41) is 2.99. The number of nitrogens with zero attached hydrogens (tertiary/aromatic N) is 1. The Morgan fingerprint density at radius 3 is 3.05 bits per heavy atom. The molecule has 3 atom stereocenters. The molecule has 3 aliphatic rings. The summed E-state index contributed by atoms with van der Waals surface area (Å²) in [5.74, 6) is -0.405. The molecule has 1 spiro atoms. The van der Waals surface area contributed by atoms with E-state index in [1.165, 1.54) is 7.11 Å². The molecule has 2 fully saturated rings. The number of carbonyl (C=O) groups is 2. The van der Waals surface area contributed by atoms with Crippen molar-refractivity contribution >= 4 is 17.6 Å². The van der Waals surface area contributed by atoms with Gasteiger partial charge in [0.1, 0.15) is 5.54 Å². The topological polar surface area (TPSA) is 58.6 Å². The smallest absolute Gasteiger partial charge is 0.310 e. The van der Waals surface area contributed by atoms with Gasteiger partial charge in [-0.05, 0) is 31.9 Å². The molecule has 3 heterocycles. The number of amides is 1. The summed E-state index contributed by atoms with van der Waals surface area (Å²) in [6, 6.07) is 7.93. The minimum atomic E-state index is -0.684. The lowest BCUT2D eigenvalue weighted by Crippen LogP contribution is -2.47. The normalized spacial score (nSPS) is 33.9. The first kappa shape index (κ1) is 12.8. The summed E-state index contributed by atoms with van der Waals surface area (Å²) < 4.78 is 4.97. The van der Waals surface area contributed by atoms with Crippen LogP contribution < -0.4 is 5.32 Å². The number of anilines is 1. The van der Waals surface area contributed by atoms with Gasteiger partial charge < -0.3 is 10.1 Å². The van der Waals surface area contributed by atoms with Gasteiger partial charge in [0.2, 0.25) is 5.91 Å². The SMILES string of the molecule is COC(=O)C1CC2(C(=O)Nc3ccccc32)N2CCCC12. The Morgan fingerprint density at radius 2 is 2.24 bits per heavy atom. The minimum absolute atomic E-state index is 0.00185. The lowest BCUT2D eigenvalue weighted by Gasteiger charge is -2.32. The summed E-state index contributed by atoms with van der Waals surface area (Å²) in [7, 11) is 1.43. The maximum absolute atomic E-state index is 12.7. The summed E-state index contributed by atoms with van der Waals surface area (Å²) in [5.41, 5.74) is 1.20. The second-order valence-corrected chi connectivity index (χ2v) is 6.10. The molecule has 0 aromatic heterocycles. The molecule has 5 heteroatoms. The van der Waals surface area contributed by atoms with Gasteiger partial charge in [-0.15, -0.1) is 0 Å². The fourth-order valence-corrected chi connectivity index (χ4v) is 4.44. The number of para-hydroxylation sites is 1. The van der Waals surface area contributed by atoms with Crippen LogP contribution in [0.2, 0.25) is 0 Å². The molecule has 5 nitrogen and oxygen atoms in total. The first-order chi connectivity index (χ1) is 10.2. The van der Waals surface area contributed by atoms with E-state index in [1.807, 2.05) is 24.3 Å². The van der Waals surface area contributed by atoms with Gasteiger partial charge in [-0.3, -0.25) is 14.5 Å². The van der Waals surface area contributed by atoms with Crippen molar-refractivity contribution in [3.05, 3.63) is 29.8 Å². The average Bonchev–Trinajstić information content (AvgIpc) is 3.15. The van der Waals surface area contributed by atoms with Gasteiger partial charge in [0.05, 0.1) is 13.0 Å². The van der Waals surface area contributed by atoms with Crippen molar-refractivity contribution in [1.82, 2.24) is 4.90 Å². The van der Waals surface area contributed by atoms with Crippen LogP contribution in [0.3, 0.4) is 0 Å². The van der Waals surface area contributed by atoms with E-state index in [-0.39, 0.29) is 23.8 Å². The Balaban J connectivity index is 1.84. The van der Waals surface area contributed by atoms with E-state index >= 15 is 0 Å². The first-order valence-electron chi connectivity index (χ1n) is 7.44. The van der Waals surface area contributed by atoms with Gasteiger partial charge in [0.25, 0.3) is 0 Å². The average molecular weight is 286 g/mol. The lowest BCUT2D eigenvalue weighted by molar-refractivity contribution is -0.146. The number of esters is 1. The quantitative estimate of drug-likeness (QED) is 0.795. The Bertz CT molecular complexity index is 630. The molecule has 0 aliphatic carbocycles. The lowest BCUT2D eigenvalue weighted by atomic mass is 9.84. The number of hydrogen-bond acceptors (Lipinski definition) is 4. The van der Waals surface area contributed by atoms with Crippen LogP contribution in [0.15, 0.2) is 24.3 Å². The standard InChI is InChI=1S/C16H18N2O3/c1-21-14(19)10-9-16(18-8-4-7-13(10)18)11-5-2-3-6-12(11)17-15(16)20/h2-3,5-6,10,13H,4,7-9H2,1H3,(H,17,20). The number of nitrogens with one attached hydrogen (secondary N) is 1. The van der Waals surface area contributed by atoms with Crippen LogP contribution in [0.25, 0.3) is 0 Å². The van der Waals surface area contributed by atoms with Gasteiger partial charge in [-0.25, -0.2) is 0 Å². The van der Waals surface area contributed by atoms with E-state index in [2.05, 4.69) is 10.2 Å². The molecule has 3 unspecified atom stereocenters. The molecular weight excluding hydrogens is 268 g/mol. The van der Waals surface area contributed by atoms with Crippen LogP contribution in [0.1, 0.15) is 24.8 Å². The molecule has 1 amide bonds. The third-order valence-electron chi connectivity index (χ3n) is 5.27. The number of ether oxygens (including phenoxy) is 1. The van der Waals surface area contributed by atoms with E-state index in [4.69, 9.17) is 4.74 Å². The van der Waals surface area contributed by atoms with Crippen molar-refractivity contribution < 1.29 is 14.3 Å². The van der Waals surface area contributed by atoms with E-state index < -0.39 is 5.54 Å². The van der Waals surface area contributed by atoms with Gasteiger partial charge in [-0.2, -0.15) is 0 Å². The van der Waals surface area contributed by atoms with Crippen molar-refractivity contribution in [2.24, 2.45) is 5.92 Å². The predicted molar refractivity (Wildman–Crippen MR) is 76.6 cm³/mol. The Hall–Kier alpha value is -1.88. The molecule has 1 aromatic rings. The molecule has 2 saturated heterocycles. The number of benzene rings is 1. The number of carbonyl (C=O) groups excluding carboxylic acids is 2. The maximum atomic E-state index is 12.7. The summed E-state index contributed by atoms with van der Waals surface area (Å²) >= 11 is 0. The zero-order valence-corrected chi connectivity index (χ0v) is 12.0. The van der Waals surface area contributed by atoms with Crippen LogP contribution in [0.4, 0.5) is 5.69 Å². The van der Waals surface area contributed by atoms with Crippen molar-refractivity contribution in [3.63, 3.8) is 0 Å². The molecule has 0 saturated carbocycles. The monoisotopic (exact) mass is 286 g/mol. The van der Waals surface area contributed by atoms with E-state index in [0.29, 0.717) is 6.42 Å². The van der Waals surface area contributed by atoms with Crippen molar-refractivity contribution in [2.45, 2.75) is 30.8 Å². The van der Waals surface area contributed by atoms with Crippen LogP contribution in [0.5, 0.6) is 0 Å². The summed E-state index contributed by atoms with van der Waals surface area (Å²) in [6.45, 7) is 0.861. The van der Waals surface area contributed by atoms with Crippen LogP contribution in [-0.2, 0) is 19.9 Å². The molecule has 0 radical (unpaired) electrons. The molecule has 21 heavy (non-hydrogen) atoms. The fourth-order valence-electron chi connectivity index (χ4n) is 4.44. The van der Waals surface area contributed by atoms with Crippen LogP contribution in [0, 0.1) is 5.92 Å². The van der Waals surface area contributed by atoms with E-state index in [0.717, 1.165) is 30.6 Å².